The van der Waals surface area contributed by atoms with Gasteiger partial charge < -0.3 is 16.0 Å². The van der Waals surface area contributed by atoms with Gasteiger partial charge in [-0.05, 0) is 44.6 Å². The number of amides is 1. The fourth-order valence-electron chi connectivity index (χ4n) is 3.14. The SMILES string of the molecule is CCNC1(C(=O)Nc2cnc(-c3ccc(Cl)cc3)c(Cl)n2)CCNCC1. The molecule has 1 fully saturated rings. The second kappa shape index (κ2) is 8.31. The molecule has 1 aromatic heterocycles. The molecule has 3 N–H and O–H groups in total. The molecule has 6 nitrogen and oxygen atoms in total. The van der Waals surface area contributed by atoms with Crippen molar-refractivity contribution in [2.24, 2.45) is 0 Å². The Bertz CT molecular complexity index is 770. The molecule has 2 aromatic rings. The summed E-state index contributed by atoms with van der Waals surface area (Å²) < 4.78 is 0. The van der Waals surface area contributed by atoms with Crippen LogP contribution in [0.5, 0.6) is 0 Å². The maximum Gasteiger partial charge on any atom is 0.245 e. The summed E-state index contributed by atoms with van der Waals surface area (Å²) in [6.45, 7) is 4.30. The Morgan fingerprint density at radius 1 is 1.23 bits per heavy atom. The fraction of sp³-hybridized carbons (Fsp3) is 0.389. The molecule has 26 heavy (non-hydrogen) atoms. The molecule has 1 aromatic carbocycles. The van der Waals surface area contributed by atoms with Crippen LogP contribution in [0.2, 0.25) is 10.2 Å². The van der Waals surface area contributed by atoms with Crippen LogP contribution in [-0.4, -0.2) is 41.0 Å². The van der Waals surface area contributed by atoms with Gasteiger partial charge in [0.05, 0.1) is 6.20 Å². The quantitative estimate of drug-likeness (QED) is 0.726. The molecule has 0 spiro atoms. The minimum atomic E-state index is -0.594. The van der Waals surface area contributed by atoms with Crippen molar-refractivity contribution in [3.8, 4) is 11.3 Å². The molecule has 2 heterocycles. The second-order valence-corrected chi connectivity index (χ2v) is 7.01. The Morgan fingerprint density at radius 3 is 2.54 bits per heavy atom. The van der Waals surface area contributed by atoms with E-state index in [9.17, 15) is 4.79 Å². The number of halogens is 2. The Morgan fingerprint density at radius 2 is 1.92 bits per heavy atom. The third-order valence-electron chi connectivity index (χ3n) is 4.50. The Kier molecular flexibility index (Phi) is 6.09. The highest BCUT2D eigenvalue weighted by Gasteiger charge is 2.38. The largest absolute Gasteiger partial charge is 0.317 e. The van der Waals surface area contributed by atoms with Crippen molar-refractivity contribution in [1.29, 1.82) is 0 Å². The van der Waals surface area contributed by atoms with Crippen molar-refractivity contribution in [1.82, 2.24) is 20.6 Å². The minimum absolute atomic E-state index is 0.106. The van der Waals surface area contributed by atoms with Crippen LogP contribution in [0.15, 0.2) is 30.5 Å². The molecule has 8 heteroatoms. The zero-order valence-corrected chi connectivity index (χ0v) is 16.0. The van der Waals surface area contributed by atoms with Crippen LogP contribution < -0.4 is 16.0 Å². The molecule has 1 aliphatic rings. The molecular weight excluding hydrogens is 373 g/mol. The number of nitrogens with zero attached hydrogens (tertiary/aromatic N) is 2. The minimum Gasteiger partial charge on any atom is -0.317 e. The summed E-state index contributed by atoms with van der Waals surface area (Å²) in [6.07, 6.45) is 2.96. The molecular formula is C18H21Cl2N5O. The highest BCUT2D eigenvalue weighted by atomic mass is 35.5. The number of hydrogen-bond donors (Lipinski definition) is 3. The molecule has 3 rings (SSSR count). The van der Waals surface area contributed by atoms with Crippen LogP contribution in [0.25, 0.3) is 11.3 Å². The highest BCUT2D eigenvalue weighted by molar-refractivity contribution is 6.32. The standard InChI is InChI=1S/C18H21Cl2N5O/c1-2-23-18(7-9-21-10-8-18)17(26)25-14-11-22-15(16(20)24-14)12-3-5-13(19)6-4-12/h3-6,11,21,23H,2,7-10H2,1H3,(H,24,25,26). The van der Waals surface area contributed by atoms with Gasteiger partial charge in [-0.25, -0.2) is 9.97 Å². The molecule has 0 aliphatic carbocycles. The van der Waals surface area contributed by atoms with Gasteiger partial charge >= 0.3 is 0 Å². The first-order valence-electron chi connectivity index (χ1n) is 8.60. The lowest BCUT2D eigenvalue weighted by Crippen LogP contribution is -2.59. The maximum atomic E-state index is 12.9. The van der Waals surface area contributed by atoms with Gasteiger partial charge in [0.15, 0.2) is 11.0 Å². The van der Waals surface area contributed by atoms with Crippen LogP contribution in [-0.2, 0) is 4.79 Å². The number of rotatable bonds is 5. The molecule has 0 bridgehead atoms. The highest BCUT2D eigenvalue weighted by Crippen LogP contribution is 2.27. The molecule has 0 saturated carbocycles. The zero-order valence-electron chi connectivity index (χ0n) is 14.5. The van der Waals surface area contributed by atoms with Crippen LogP contribution in [0, 0.1) is 0 Å². The van der Waals surface area contributed by atoms with Crippen molar-refractivity contribution in [3.05, 3.63) is 40.6 Å². The Balaban J connectivity index is 1.78. The topological polar surface area (TPSA) is 78.9 Å². The third-order valence-corrected chi connectivity index (χ3v) is 5.01. The molecule has 1 aliphatic heterocycles. The van der Waals surface area contributed by atoms with Gasteiger partial charge in [-0.15, -0.1) is 0 Å². The van der Waals surface area contributed by atoms with Crippen molar-refractivity contribution in [2.45, 2.75) is 25.3 Å². The van der Waals surface area contributed by atoms with Gasteiger partial charge in [0.25, 0.3) is 0 Å². The third kappa shape index (κ3) is 4.15. The number of benzene rings is 1. The summed E-state index contributed by atoms with van der Waals surface area (Å²) in [5, 5.41) is 10.3. The number of carbonyl (C=O) groups is 1. The number of piperidine rings is 1. The molecule has 1 amide bonds. The van der Waals surface area contributed by atoms with Crippen LogP contribution in [0.4, 0.5) is 5.82 Å². The van der Waals surface area contributed by atoms with Gasteiger partial charge in [0.2, 0.25) is 5.91 Å². The van der Waals surface area contributed by atoms with Crippen molar-refractivity contribution >= 4 is 34.9 Å². The van der Waals surface area contributed by atoms with E-state index in [2.05, 4.69) is 25.9 Å². The zero-order chi connectivity index (χ0) is 18.6. The van der Waals surface area contributed by atoms with E-state index in [0.717, 1.165) is 38.0 Å². The second-order valence-electron chi connectivity index (χ2n) is 6.22. The maximum absolute atomic E-state index is 12.9. The summed E-state index contributed by atoms with van der Waals surface area (Å²) >= 11 is 12.2. The summed E-state index contributed by atoms with van der Waals surface area (Å²) in [5.41, 5.74) is 0.764. The molecule has 1 saturated heterocycles. The Labute approximate surface area is 162 Å². The first kappa shape index (κ1) is 19.0. The van der Waals surface area contributed by atoms with Crippen molar-refractivity contribution in [2.75, 3.05) is 25.0 Å². The van der Waals surface area contributed by atoms with E-state index in [-0.39, 0.29) is 11.1 Å². The summed E-state index contributed by atoms with van der Waals surface area (Å²) in [6, 6.07) is 7.18. The molecule has 138 valence electrons. The summed E-state index contributed by atoms with van der Waals surface area (Å²) in [4.78, 5) is 21.5. The molecule has 0 atom stereocenters. The van der Waals surface area contributed by atoms with Gasteiger partial charge in [-0.1, -0.05) is 42.3 Å². The van der Waals surface area contributed by atoms with E-state index in [1.54, 1.807) is 12.1 Å². The molecule has 0 radical (unpaired) electrons. The monoisotopic (exact) mass is 393 g/mol. The fourth-order valence-corrected chi connectivity index (χ4v) is 3.52. The summed E-state index contributed by atoms with van der Waals surface area (Å²) in [5.74, 6) is 0.235. The number of nitrogens with one attached hydrogen (secondary N) is 3. The number of aromatic nitrogens is 2. The lowest BCUT2D eigenvalue weighted by molar-refractivity contribution is -0.123. The average molecular weight is 394 g/mol. The van der Waals surface area contributed by atoms with Crippen molar-refractivity contribution in [3.63, 3.8) is 0 Å². The smallest absolute Gasteiger partial charge is 0.245 e. The Hall–Kier alpha value is -1.73. The van der Waals surface area contributed by atoms with E-state index < -0.39 is 5.54 Å². The number of hydrogen-bond acceptors (Lipinski definition) is 5. The number of carbonyl (C=O) groups excluding carboxylic acids is 1. The normalized spacial score (nSPS) is 16.3. The predicted octanol–water partition coefficient (Wildman–Crippen LogP) is 3.12. The van der Waals surface area contributed by atoms with Gasteiger partial charge in [0, 0.05) is 10.6 Å². The van der Waals surface area contributed by atoms with Crippen LogP contribution >= 0.6 is 23.2 Å². The van der Waals surface area contributed by atoms with Crippen LogP contribution in [0.1, 0.15) is 19.8 Å². The molecule has 0 unspecified atom stereocenters. The summed E-state index contributed by atoms with van der Waals surface area (Å²) in [7, 11) is 0. The average Bonchev–Trinajstić information content (AvgIpc) is 2.64. The van der Waals surface area contributed by atoms with E-state index >= 15 is 0 Å². The van der Waals surface area contributed by atoms with E-state index in [1.165, 1.54) is 6.20 Å². The van der Waals surface area contributed by atoms with E-state index in [0.29, 0.717) is 16.5 Å². The lowest BCUT2D eigenvalue weighted by atomic mass is 9.87. The first-order valence-corrected chi connectivity index (χ1v) is 9.35. The number of anilines is 1. The van der Waals surface area contributed by atoms with Crippen molar-refractivity contribution < 1.29 is 4.79 Å². The van der Waals surface area contributed by atoms with Gasteiger partial charge in [-0.2, -0.15) is 0 Å². The van der Waals surface area contributed by atoms with Gasteiger partial charge in [-0.3, -0.25) is 4.79 Å². The predicted molar refractivity (Wildman–Crippen MR) is 105 cm³/mol. The van der Waals surface area contributed by atoms with Gasteiger partial charge in [0.1, 0.15) is 11.2 Å². The lowest BCUT2D eigenvalue weighted by Gasteiger charge is -2.36. The number of likely N-dealkylation sites (N-methyl/N-ethyl adjacent to an activating group) is 1. The first-order chi connectivity index (χ1) is 12.5. The van der Waals surface area contributed by atoms with E-state index in [1.807, 2.05) is 19.1 Å². The van der Waals surface area contributed by atoms with E-state index in [4.69, 9.17) is 23.2 Å². The van der Waals surface area contributed by atoms with Crippen LogP contribution in [0.3, 0.4) is 0 Å².